The van der Waals surface area contributed by atoms with Crippen LogP contribution in [0.1, 0.15) is 18.4 Å². The topological polar surface area (TPSA) is 114 Å². The number of esters is 1. The second-order valence-electron chi connectivity index (χ2n) is 5.79. The minimum Gasteiger partial charge on any atom is -0.468 e. The number of azide groups is 1. The third-order valence-corrected chi connectivity index (χ3v) is 4.11. The van der Waals surface area contributed by atoms with Crippen molar-refractivity contribution in [3.8, 4) is 0 Å². The van der Waals surface area contributed by atoms with Crippen molar-refractivity contribution in [2.45, 2.75) is 31.6 Å². The molecule has 1 aliphatic rings. The Labute approximate surface area is 151 Å². The quantitative estimate of drug-likeness (QED) is 0.166. The molecule has 140 valence electrons. The summed E-state index contributed by atoms with van der Waals surface area (Å²) in [5, 5.41) is 3.52. The Morgan fingerprint density at radius 3 is 2.81 bits per heavy atom. The summed E-state index contributed by atoms with van der Waals surface area (Å²) in [7, 11) is 1.25. The van der Waals surface area contributed by atoms with Gasteiger partial charge < -0.3 is 19.1 Å². The van der Waals surface area contributed by atoms with Gasteiger partial charge in [0.15, 0.2) is 0 Å². The SMILES string of the molecule is COC(=O)CN1C(=O)[C@@H](OCOCc2ccccc2)CC[C@@H]1CN=[N+]=[N-]. The summed E-state index contributed by atoms with van der Waals surface area (Å²) in [5.74, 6) is -0.867. The molecule has 0 bridgehead atoms. The first-order valence-electron chi connectivity index (χ1n) is 8.27. The van der Waals surface area contributed by atoms with Crippen LogP contribution in [0.3, 0.4) is 0 Å². The first-order valence-corrected chi connectivity index (χ1v) is 8.27. The van der Waals surface area contributed by atoms with Gasteiger partial charge in [-0.15, -0.1) is 0 Å². The molecular formula is C17H22N4O5. The van der Waals surface area contributed by atoms with Crippen LogP contribution in [0.15, 0.2) is 35.4 Å². The summed E-state index contributed by atoms with van der Waals surface area (Å²) in [5.41, 5.74) is 9.50. The summed E-state index contributed by atoms with van der Waals surface area (Å²) in [6.45, 7) is 0.258. The van der Waals surface area contributed by atoms with Crippen LogP contribution in [0.25, 0.3) is 10.4 Å². The molecule has 2 atom stereocenters. The molecule has 0 aromatic heterocycles. The van der Waals surface area contributed by atoms with E-state index in [0.29, 0.717) is 19.4 Å². The van der Waals surface area contributed by atoms with Crippen LogP contribution in [0.2, 0.25) is 0 Å². The van der Waals surface area contributed by atoms with Crippen LogP contribution < -0.4 is 0 Å². The number of nitrogens with zero attached hydrogens (tertiary/aromatic N) is 4. The van der Waals surface area contributed by atoms with Gasteiger partial charge in [-0.25, -0.2) is 0 Å². The zero-order valence-electron chi connectivity index (χ0n) is 14.6. The number of hydrogen-bond donors (Lipinski definition) is 0. The molecule has 0 unspecified atom stereocenters. The van der Waals surface area contributed by atoms with Crippen molar-refractivity contribution in [3.63, 3.8) is 0 Å². The highest BCUT2D eigenvalue weighted by molar-refractivity contribution is 5.86. The van der Waals surface area contributed by atoms with Crippen molar-refractivity contribution in [1.82, 2.24) is 4.90 Å². The summed E-state index contributed by atoms with van der Waals surface area (Å²) < 4.78 is 15.6. The summed E-state index contributed by atoms with van der Waals surface area (Å²) >= 11 is 0. The van der Waals surface area contributed by atoms with Gasteiger partial charge in [0.1, 0.15) is 19.4 Å². The molecule has 1 amide bonds. The van der Waals surface area contributed by atoms with E-state index in [2.05, 4.69) is 14.8 Å². The minimum atomic E-state index is -0.697. The Morgan fingerprint density at radius 1 is 1.35 bits per heavy atom. The molecule has 1 aliphatic heterocycles. The van der Waals surface area contributed by atoms with E-state index in [-0.39, 0.29) is 31.8 Å². The van der Waals surface area contributed by atoms with Crippen molar-refractivity contribution in [1.29, 1.82) is 0 Å². The lowest BCUT2D eigenvalue weighted by Gasteiger charge is -2.37. The van der Waals surface area contributed by atoms with Crippen LogP contribution in [0, 0.1) is 0 Å². The van der Waals surface area contributed by atoms with E-state index in [9.17, 15) is 9.59 Å². The molecule has 2 rings (SSSR count). The Morgan fingerprint density at radius 2 is 2.12 bits per heavy atom. The smallest absolute Gasteiger partial charge is 0.325 e. The largest absolute Gasteiger partial charge is 0.468 e. The molecule has 0 aliphatic carbocycles. The molecule has 1 heterocycles. The molecule has 1 aromatic rings. The Balaban J connectivity index is 1.87. The highest BCUT2D eigenvalue weighted by Crippen LogP contribution is 2.21. The Hall–Kier alpha value is -2.61. The highest BCUT2D eigenvalue weighted by atomic mass is 16.7. The number of benzene rings is 1. The van der Waals surface area contributed by atoms with E-state index in [0.717, 1.165) is 5.56 Å². The van der Waals surface area contributed by atoms with Crippen molar-refractivity contribution in [2.75, 3.05) is 27.0 Å². The van der Waals surface area contributed by atoms with Gasteiger partial charge in [0.2, 0.25) is 0 Å². The standard InChI is InChI=1S/C17H22N4O5/c1-24-16(22)10-21-14(9-19-20-18)7-8-15(17(21)23)26-12-25-11-13-5-3-2-4-6-13/h2-6,14-15H,7-12H2,1H3/t14-,15+/m1/s1. The average molecular weight is 362 g/mol. The lowest BCUT2D eigenvalue weighted by atomic mass is 9.99. The predicted octanol–water partition coefficient (Wildman–Crippen LogP) is 2.02. The number of carbonyl (C=O) groups excluding carboxylic acids is 2. The molecule has 1 aromatic carbocycles. The van der Waals surface area contributed by atoms with Crippen molar-refractivity contribution in [2.24, 2.45) is 5.11 Å². The molecule has 0 N–H and O–H groups in total. The van der Waals surface area contributed by atoms with Gasteiger partial charge in [0, 0.05) is 17.5 Å². The average Bonchev–Trinajstić information content (AvgIpc) is 2.67. The molecule has 1 saturated heterocycles. The van der Waals surface area contributed by atoms with Gasteiger partial charge in [-0.05, 0) is 23.9 Å². The lowest BCUT2D eigenvalue weighted by molar-refractivity contribution is -0.168. The molecule has 9 heteroatoms. The zero-order chi connectivity index (χ0) is 18.8. The molecule has 26 heavy (non-hydrogen) atoms. The molecular weight excluding hydrogens is 340 g/mol. The maximum absolute atomic E-state index is 12.6. The van der Waals surface area contributed by atoms with E-state index in [4.69, 9.17) is 15.0 Å². The fourth-order valence-electron chi connectivity index (χ4n) is 2.74. The summed E-state index contributed by atoms with van der Waals surface area (Å²) in [6.07, 6.45) is 0.333. The fraction of sp³-hybridized carbons (Fsp3) is 0.529. The molecule has 0 radical (unpaired) electrons. The molecule has 1 fully saturated rings. The van der Waals surface area contributed by atoms with Gasteiger partial charge in [0.05, 0.1) is 13.7 Å². The number of rotatable bonds is 9. The van der Waals surface area contributed by atoms with E-state index < -0.39 is 12.1 Å². The number of carbonyl (C=O) groups is 2. The number of piperidine rings is 1. The minimum absolute atomic E-state index is 0.0294. The van der Waals surface area contributed by atoms with Crippen molar-refractivity contribution < 1.29 is 23.8 Å². The second-order valence-corrected chi connectivity index (χ2v) is 5.79. The number of hydrogen-bond acceptors (Lipinski definition) is 6. The highest BCUT2D eigenvalue weighted by Gasteiger charge is 2.36. The van der Waals surface area contributed by atoms with Crippen LogP contribution in [0.5, 0.6) is 0 Å². The molecule has 0 spiro atoms. The van der Waals surface area contributed by atoms with Gasteiger partial charge in [-0.2, -0.15) is 0 Å². The van der Waals surface area contributed by atoms with E-state index in [1.54, 1.807) is 0 Å². The third kappa shape index (κ3) is 5.73. The number of likely N-dealkylation sites (tertiary alicyclic amines) is 1. The van der Waals surface area contributed by atoms with Crippen LogP contribution in [0.4, 0.5) is 0 Å². The van der Waals surface area contributed by atoms with Gasteiger partial charge >= 0.3 is 5.97 Å². The van der Waals surface area contributed by atoms with E-state index >= 15 is 0 Å². The zero-order valence-corrected chi connectivity index (χ0v) is 14.6. The van der Waals surface area contributed by atoms with Crippen LogP contribution in [-0.4, -0.2) is 55.9 Å². The monoisotopic (exact) mass is 362 g/mol. The second kappa shape index (κ2) is 10.4. The van der Waals surface area contributed by atoms with Crippen molar-refractivity contribution >= 4 is 11.9 Å². The molecule has 0 saturated carbocycles. The van der Waals surface area contributed by atoms with Crippen LogP contribution >= 0.6 is 0 Å². The number of amides is 1. The lowest BCUT2D eigenvalue weighted by Crippen LogP contribution is -2.54. The summed E-state index contributed by atoms with van der Waals surface area (Å²) in [4.78, 5) is 28.3. The molecule has 9 nitrogen and oxygen atoms in total. The van der Waals surface area contributed by atoms with Crippen molar-refractivity contribution in [3.05, 3.63) is 46.3 Å². The number of methoxy groups -OCH3 is 1. The van der Waals surface area contributed by atoms with Gasteiger partial charge in [-0.3, -0.25) is 9.59 Å². The Kier molecular flexibility index (Phi) is 7.88. The van der Waals surface area contributed by atoms with Crippen LogP contribution in [-0.2, 0) is 30.4 Å². The van der Waals surface area contributed by atoms with E-state index in [1.807, 2.05) is 30.3 Å². The third-order valence-electron chi connectivity index (χ3n) is 4.11. The fourth-order valence-corrected chi connectivity index (χ4v) is 2.74. The van der Waals surface area contributed by atoms with Gasteiger partial charge in [-0.1, -0.05) is 35.4 Å². The number of ether oxygens (including phenoxy) is 3. The maximum atomic E-state index is 12.6. The summed E-state index contributed by atoms with van der Waals surface area (Å²) in [6, 6.07) is 9.28. The predicted molar refractivity (Wildman–Crippen MR) is 91.7 cm³/mol. The first-order chi connectivity index (χ1) is 12.7. The Bertz CT molecular complexity index is 648. The maximum Gasteiger partial charge on any atom is 0.325 e. The van der Waals surface area contributed by atoms with Gasteiger partial charge in [0.25, 0.3) is 5.91 Å². The first kappa shape index (κ1) is 19.7. The normalized spacial score (nSPS) is 19.7. The van der Waals surface area contributed by atoms with E-state index in [1.165, 1.54) is 12.0 Å².